The summed E-state index contributed by atoms with van der Waals surface area (Å²) in [4.78, 5) is 72.7. The van der Waals surface area contributed by atoms with Crippen molar-refractivity contribution in [1.29, 1.82) is 0 Å². The zero-order valence-electron chi connectivity index (χ0n) is 34.3. The lowest BCUT2D eigenvalue weighted by atomic mass is 9.89. The van der Waals surface area contributed by atoms with Crippen LogP contribution in [0.4, 0.5) is 31.1 Å². The molecule has 0 bridgehead atoms. The van der Waals surface area contributed by atoms with Crippen molar-refractivity contribution in [2.75, 3.05) is 39.3 Å². The van der Waals surface area contributed by atoms with Gasteiger partial charge in [-0.25, -0.2) is 4.79 Å². The van der Waals surface area contributed by atoms with E-state index in [1.54, 1.807) is 25.7 Å². The monoisotopic (exact) mass is 838 g/mol. The highest BCUT2D eigenvalue weighted by molar-refractivity contribution is 6.00. The van der Waals surface area contributed by atoms with Gasteiger partial charge >= 0.3 is 18.4 Å². The maximum Gasteiger partial charge on any atom is 0.416 e. The molecule has 12 nitrogen and oxygen atoms in total. The topological polar surface area (TPSA) is 123 Å². The molecule has 0 saturated carbocycles. The van der Waals surface area contributed by atoms with E-state index >= 15 is 0 Å². The van der Waals surface area contributed by atoms with Crippen LogP contribution in [0, 0.1) is 0 Å². The van der Waals surface area contributed by atoms with Crippen molar-refractivity contribution in [3.63, 3.8) is 0 Å². The number of rotatable bonds is 6. The van der Waals surface area contributed by atoms with Gasteiger partial charge in [0, 0.05) is 38.3 Å². The van der Waals surface area contributed by atoms with Crippen molar-refractivity contribution in [3.05, 3.63) is 70.8 Å². The van der Waals surface area contributed by atoms with Crippen molar-refractivity contribution in [2.24, 2.45) is 0 Å². The summed E-state index contributed by atoms with van der Waals surface area (Å²) in [6.07, 6.45) is -8.71. The Kier molecular flexibility index (Phi) is 12.8. The number of halogens is 6. The number of carbonyl (C=O) groups excluding carboxylic acids is 5. The average Bonchev–Trinajstić information content (AvgIpc) is 3.81. The van der Waals surface area contributed by atoms with Crippen LogP contribution in [-0.4, -0.2) is 122 Å². The summed E-state index contributed by atoms with van der Waals surface area (Å²) >= 11 is 0. The SMILES string of the molecule is CC(C)N1CC(=O)N(Cc2ccc(C(F)(F)F)cc2)C2(CCN(C(=O)OC(C)(C)C)C2)C1=O.CC(C)N1CC(=O)N(Cc2ccc(C(F)(F)F)cc2)C2(CCNC2)C1=O. The first-order valence-corrected chi connectivity index (χ1v) is 19.5. The van der Waals surface area contributed by atoms with E-state index in [0.717, 1.165) is 24.3 Å². The molecule has 2 unspecified atom stereocenters. The fraction of sp³-hybridized carbons (Fsp3) is 0.585. The number of benzene rings is 2. The largest absolute Gasteiger partial charge is 0.444 e. The van der Waals surface area contributed by atoms with Crippen LogP contribution in [0.5, 0.6) is 0 Å². The lowest BCUT2D eigenvalue weighted by molar-refractivity contribution is -0.166. The van der Waals surface area contributed by atoms with Crippen molar-refractivity contribution in [2.45, 2.75) is 116 Å². The summed E-state index contributed by atoms with van der Waals surface area (Å²) in [5.41, 5.74) is -3.44. The van der Waals surface area contributed by atoms with Crippen molar-refractivity contribution >= 4 is 29.7 Å². The highest BCUT2D eigenvalue weighted by atomic mass is 19.4. The molecule has 4 heterocycles. The first-order valence-electron chi connectivity index (χ1n) is 19.5. The number of piperazine rings is 2. The summed E-state index contributed by atoms with van der Waals surface area (Å²) < 4.78 is 82.4. The molecule has 1 N–H and O–H groups in total. The molecule has 2 aromatic rings. The minimum absolute atomic E-state index is 0.00111. The maximum atomic E-state index is 13.6. The summed E-state index contributed by atoms with van der Waals surface area (Å²) in [7, 11) is 0. The third-order valence-corrected chi connectivity index (χ3v) is 11.1. The zero-order chi connectivity index (χ0) is 43.9. The molecule has 0 aliphatic carbocycles. The molecule has 2 atom stereocenters. The zero-order valence-corrected chi connectivity index (χ0v) is 34.3. The molecular weight excluding hydrogens is 786 g/mol. The third kappa shape index (κ3) is 9.62. The van der Waals surface area contributed by atoms with Crippen molar-refractivity contribution in [1.82, 2.24) is 29.8 Å². The molecule has 4 fully saturated rings. The van der Waals surface area contributed by atoms with E-state index in [0.29, 0.717) is 30.6 Å². The number of amides is 5. The normalized spacial score (nSPS) is 23.0. The number of nitrogens with zero attached hydrogens (tertiary/aromatic N) is 5. The van der Waals surface area contributed by atoms with Gasteiger partial charge in [-0.15, -0.1) is 0 Å². The Balaban J connectivity index is 0.000000230. The minimum atomic E-state index is -4.46. The summed E-state index contributed by atoms with van der Waals surface area (Å²) in [6, 6.07) is 8.97. The molecule has 0 aromatic heterocycles. The molecule has 4 aliphatic heterocycles. The quantitative estimate of drug-likeness (QED) is 0.372. The van der Waals surface area contributed by atoms with Crippen LogP contribution in [0.25, 0.3) is 0 Å². The van der Waals surface area contributed by atoms with Crippen LogP contribution in [0.15, 0.2) is 48.5 Å². The van der Waals surface area contributed by atoms with Crippen LogP contribution >= 0.6 is 0 Å². The van der Waals surface area contributed by atoms with E-state index in [4.69, 9.17) is 4.74 Å². The molecule has 0 radical (unpaired) electrons. The average molecular weight is 839 g/mol. The van der Waals surface area contributed by atoms with Crippen LogP contribution in [-0.2, 0) is 49.4 Å². The van der Waals surface area contributed by atoms with Gasteiger partial charge in [-0.05, 0) is 103 Å². The molecule has 4 aliphatic rings. The molecule has 18 heteroatoms. The standard InChI is InChI=1S/C23H30F3N3O4.C18H22F3N3O2/c1-15(2)28-13-18(30)29(12-16-6-8-17(9-7-16)23(24,25)26)22(19(28)31)10-11-27(14-22)20(32)33-21(3,4)5;1-12(2)23-10-15(25)24(17(16(23)26)7-8-22-11-17)9-13-3-5-14(6-4-13)18(19,20)21/h6-9,15H,10-14H2,1-5H3;3-6,12,22H,7-11H2,1-2H3. The molecule has 2 aromatic carbocycles. The minimum Gasteiger partial charge on any atom is -0.444 e. The number of likely N-dealkylation sites (tertiary alicyclic amines) is 1. The number of carbonyl (C=O) groups is 5. The van der Waals surface area contributed by atoms with E-state index < -0.39 is 46.3 Å². The van der Waals surface area contributed by atoms with Gasteiger partial charge in [-0.3, -0.25) is 19.2 Å². The second kappa shape index (κ2) is 16.6. The van der Waals surface area contributed by atoms with Crippen molar-refractivity contribution < 1.29 is 55.1 Å². The van der Waals surface area contributed by atoms with Crippen molar-refractivity contribution in [3.8, 4) is 0 Å². The van der Waals surface area contributed by atoms with E-state index in [9.17, 15) is 50.3 Å². The molecule has 6 rings (SSSR count). The van der Waals surface area contributed by atoms with Gasteiger partial charge in [0.25, 0.3) is 11.8 Å². The fourth-order valence-corrected chi connectivity index (χ4v) is 7.89. The Morgan fingerprint density at radius 3 is 1.49 bits per heavy atom. The molecular formula is C41H52F6N6O6. The lowest BCUT2D eigenvalue weighted by Crippen LogP contribution is -2.69. The van der Waals surface area contributed by atoms with E-state index in [1.807, 2.05) is 27.7 Å². The maximum absolute atomic E-state index is 13.6. The molecule has 324 valence electrons. The van der Waals surface area contributed by atoms with Gasteiger partial charge < -0.3 is 34.6 Å². The molecule has 59 heavy (non-hydrogen) atoms. The van der Waals surface area contributed by atoms with E-state index in [-0.39, 0.29) is 81.4 Å². The van der Waals surface area contributed by atoms with Gasteiger partial charge in [0.1, 0.15) is 29.8 Å². The first-order chi connectivity index (χ1) is 27.3. The number of nitrogens with one attached hydrogen (secondary N) is 1. The first kappa shape index (κ1) is 45.2. The van der Waals surface area contributed by atoms with Gasteiger partial charge in [-0.2, -0.15) is 26.3 Å². The number of ether oxygens (including phenoxy) is 1. The lowest BCUT2D eigenvalue weighted by Gasteiger charge is -2.48. The Labute approximate surface area is 339 Å². The van der Waals surface area contributed by atoms with Gasteiger partial charge in [0.15, 0.2) is 0 Å². The van der Waals surface area contributed by atoms with Crippen LogP contribution in [0.3, 0.4) is 0 Å². The molecule has 4 saturated heterocycles. The Morgan fingerprint density at radius 2 is 1.12 bits per heavy atom. The Bertz CT molecular complexity index is 1890. The van der Waals surface area contributed by atoms with E-state index in [2.05, 4.69) is 5.32 Å². The third-order valence-electron chi connectivity index (χ3n) is 11.1. The second-order valence-corrected chi connectivity index (χ2v) is 17.0. The van der Waals surface area contributed by atoms with Gasteiger partial charge in [-0.1, -0.05) is 24.3 Å². The number of hydrogen-bond donors (Lipinski definition) is 1. The van der Waals surface area contributed by atoms with Crippen LogP contribution in [0.2, 0.25) is 0 Å². The van der Waals surface area contributed by atoms with Gasteiger partial charge in [0.2, 0.25) is 11.8 Å². The Morgan fingerprint density at radius 1 is 0.695 bits per heavy atom. The highest BCUT2D eigenvalue weighted by Crippen LogP contribution is 2.38. The highest BCUT2D eigenvalue weighted by Gasteiger charge is 2.58. The predicted molar refractivity (Wildman–Crippen MR) is 203 cm³/mol. The molecule has 5 amide bonds. The predicted octanol–water partition coefficient (Wildman–Crippen LogP) is 5.68. The Hall–Kier alpha value is -4.87. The number of hydrogen-bond acceptors (Lipinski definition) is 7. The van der Waals surface area contributed by atoms with Gasteiger partial charge in [0.05, 0.1) is 17.7 Å². The van der Waals surface area contributed by atoms with Crippen LogP contribution in [0.1, 0.15) is 83.6 Å². The summed E-state index contributed by atoms with van der Waals surface area (Å²) in [5.74, 6) is -0.852. The fourth-order valence-electron chi connectivity index (χ4n) is 7.89. The molecule has 2 spiro atoms. The number of alkyl halides is 6. The summed E-state index contributed by atoms with van der Waals surface area (Å²) in [6.45, 7) is 13.7. The summed E-state index contributed by atoms with van der Waals surface area (Å²) in [5, 5.41) is 3.15. The second-order valence-electron chi connectivity index (χ2n) is 17.0. The smallest absolute Gasteiger partial charge is 0.416 e. The van der Waals surface area contributed by atoms with Crippen LogP contribution < -0.4 is 5.32 Å². The van der Waals surface area contributed by atoms with E-state index in [1.165, 1.54) is 43.9 Å².